The van der Waals surface area contributed by atoms with E-state index >= 15 is 0 Å². The second-order valence-corrected chi connectivity index (χ2v) is 4.80. The summed E-state index contributed by atoms with van der Waals surface area (Å²) < 4.78 is 27.2. The van der Waals surface area contributed by atoms with Crippen molar-refractivity contribution in [2.24, 2.45) is 0 Å². The fourth-order valence-electron chi connectivity index (χ4n) is 1.78. The van der Waals surface area contributed by atoms with Gasteiger partial charge in [0.1, 0.15) is 5.69 Å². The molecule has 1 aliphatic rings. The van der Waals surface area contributed by atoms with Crippen molar-refractivity contribution in [3.8, 4) is 0 Å². The van der Waals surface area contributed by atoms with E-state index in [2.05, 4.69) is 26.6 Å². The molecule has 1 saturated heterocycles. The van der Waals surface area contributed by atoms with Crippen LogP contribution in [0.25, 0.3) is 0 Å². The van der Waals surface area contributed by atoms with E-state index in [1.807, 2.05) is 0 Å². The zero-order valence-corrected chi connectivity index (χ0v) is 10.5. The second-order valence-electron chi connectivity index (χ2n) is 3.88. The minimum Gasteiger partial charge on any atom is -0.320 e. The number of nitrogens with one attached hydrogen (secondary N) is 2. The molecule has 1 amide bonds. The maximum Gasteiger partial charge on any atom is 0.241 e. The van der Waals surface area contributed by atoms with Gasteiger partial charge in [-0.25, -0.2) is 8.78 Å². The minimum absolute atomic E-state index is 0.296. The zero-order valence-electron chi connectivity index (χ0n) is 8.90. The van der Waals surface area contributed by atoms with Crippen molar-refractivity contribution in [3.05, 3.63) is 28.2 Å². The average Bonchev–Trinajstić information content (AvgIpc) is 2.76. The molecule has 92 valence electrons. The monoisotopic (exact) mass is 304 g/mol. The fourth-order valence-corrected chi connectivity index (χ4v) is 2.18. The summed E-state index contributed by atoms with van der Waals surface area (Å²) in [5, 5.41) is 5.24. The maximum absolute atomic E-state index is 13.5. The Labute approximate surface area is 106 Å². The van der Waals surface area contributed by atoms with E-state index in [4.69, 9.17) is 0 Å². The number of benzene rings is 1. The highest BCUT2D eigenvalue weighted by Crippen LogP contribution is 2.24. The maximum atomic E-state index is 13.5. The number of hydrogen-bond acceptors (Lipinski definition) is 2. The first-order valence-corrected chi connectivity index (χ1v) is 6.06. The van der Waals surface area contributed by atoms with Crippen LogP contribution in [0.5, 0.6) is 0 Å². The predicted octanol–water partition coefficient (Wildman–Crippen LogP) is 2.42. The molecule has 1 unspecified atom stereocenters. The summed E-state index contributed by atoms with van der Waals surface area (Å²) in [5.74, 6) is -1.98. The third kappa shape index (κ3) is 2.81. The molecule has 1 aromatic rings. The lowest BCUT2D eigenvalue weighted by atomic mass is 10.2. The van der Waals surface area contributed by atoms with Crippen LogP contribution in [0.4, 0.5) is 14.5 Å². The molecule has 1 fully saturated rings. The number of carbonyl (C=O) groups excluding carboxylic acids is 1. The Hall–Kier alpha value is -1.01. The lowest BCUT2D eigenvalue weighted by Crippen LogP contribution is -2.36. The number of anilines is 1. The Morgan fingerprint density at radius 1 is 1.41 bits per heavy atom. The Kier molecular flexibility index (Phi) is 3.73. The fraction of sp³-hybridized carbons (Fsp3) is 0.364. The van der Waals surface area contributed by atoms with Crippen molar-refractivity contribution >= 4 is 27.5 Å². The van der Waals surface area contributed by atoms with Gasteiger partial charge in [0, 0.05) is 4.47 Å². The van der Waals surface area contributed by atoms with Crippen molar-refractivity contribution < 1.29 is 13.6 Å². The van der Waals surface area contributed by atoms with Crippen molar-refractivity contribution in [1.82, 2.24) is 5.32 Å². The van der Waals surface area contributed by atoms with Crippen LogP contribution in [-0.4, -0.2) is 18.5 Å². The normalized spacial score (nSPS) is 19.4. The molecule has 0 spiro atoms. The zero-order chi connectivity index (χ0) is 12.4. The molecule has 0 radical (unpaired) electrons. The molecular weight excluding hydrogens is 294 g/mol. The van der Waals surface area contributed by atoms with Crippen LogP contribution in [0.15, 0.2) is 16.6 Å². The number of hydrogen-bond donors (Lipinski definition) is 2. The van der Waals surface area contributed by atoms with Crippen LogP contribution in [0.2, 0.25) is 0 Å². The van der Waals surface area contributed by atoms with Gasteiger partial charge in [-0.1, -0.05) is 15.9 Å². The third-order valence-electron chi connectivity index (χ3n) is 2.63. The summed E-state index contributed by atoms with van der Waals surface area (Å²) >= 11 is 2.97. The number of halogens is 3. The SMILES string of the molecule is O=C(Nc1c(F)cc(Br)cc1F)C1CCCN1. The Morgan fingerprint density at radius 2 is 2.06 bits per heavy atom. The molecule has 2 N–H and O–H groups in total. The molecule has 0 saturated carbocycles. The molecule has 0 bridgehead atoms. The van der Waals surface area contributed by atoms with E-state index in [0.717, 1.165) is 25.1 Å². The van der Waals surface area contributed by atoms with E-state index < -0.39 is 23.2 Å². The smallest absolute Gasteiger partial charge is 0.241 e. The van der Waals surface area contributed by atoms with Gasteiger partial charge < -0.3 is 10.6 Å². The first-order chi connectivity index (χ1) is 8.08. The molecule has 1 aliphatic heterocycles. The average molecular weight is 305 g/mol. The molecule has 3 nitrogen and oxygen atoms in total. The predicted molar refractivity (Wildman–Crippen MR) is 63.7 cm³/mol. The van der Waals surface area contributed by atoms with Crippen molar-refractivity contribution in [2.75, 3.05) is 11.9 Å². The van der Waals surface area contributed by atoms with E-state index in [0.29, 0.717) is 10.9 Å². The van der Waals surface area contributed by atoms with Crippen molar-refractivity contribution in [1.29, 1.82) is 0 Å². The first kappa shape index (κ1) is 12.4. The summed E-state index contributed by atoms with van der Waals surface area (Å²) in [7, 11) is 0. The summed E-state index contributed by atoms with van der Waals surface area (Å²) in [4.78, 5) is 11.7. The van der Waals surface area contributed by atoms with E-state index in [1.165, 1.54) is 0 Å². The van der Waals surface area contributed by atoms with Crippen molar-refractivity contribution in [2.45, 2.75) is 18.9 Å². The molecule has 1 heterocycles. The molecule has 1 atom stereocenters. The van der Waals surface area contributed by atoms with Crippen LogP contribution >= 0.6 is 15.9 Å². The minimum atomic E-state index is -0.789. The van der Waals surface area contributed by atoms with Gasteiger partial charge in [0.2, 0.25) is 5.91 Å². The summed E-state index contributed by atoms with van der Waals surface area (Å²) in [6.45, 7) is 0.753. The molecule has 0 aromatic heterocycles. The second kappa shape index (κ2) is 5.10. The molecule has 6 heteroatoms. The summed E-state index contributed by atoms with van der Waals surface area (Å²) in [6.07, 6.45) is 1.58. The first-order valence-electron chi connectivity index (χ1n) is 5.26. The standard InChI is InChI=1S/C11H11BrF2N2O/c12-6-4-7(13)10(8(14)5-6)16-11(17)9-2-1-3-15-9/h4-5,9,15H,1-3H2,(H,16,17). The highest BCUT2D eigenvalue weighted by Gasteiger charge is 2.24. The van der Waals surface area contributed by atoms with E-state index in [9.17, 15) is 13.6 Å². The molecular formula is C11H11BrF2N2O. The van der Waals surface area contributed by atoms with Gasteiger partial charge in [-0.3, -0.25) is 4.79 Å². The third-order valence-corrected chi connectivity index (χ3v) is 3.09. The highest BCUT2D eigenvalue weighted by atomic mass is 79.9. The van der Waals surface area contributed by atoms with E-state index in [1.54, 1.807) is 0 Å². The van der Waals surface area contributed by atoms with Crippen LogP contribution in [0.3, 0.4) is 0 Å². The van der Waals surface area contributed by atoms with Crippen LogP contribution in [0.1, 0.15) is 12.8 Å². The highest BCUT2D eigenvalue weighted by molar-refractivity contribution is 9.10. The van der Waals surface area contributed by atoms with Crippen molar-refractivity contribution in [3.63, 3.8) is 0 Å². The molecule has 1 aromatic carbocycles. The summed E-state index contributed by atoms with van der Waals surface area (Å²) in [6, 6.07) is 1.86. The van der Waals surface area contributed by atoms with Crippen LogP contribution in [0, 0.1) is 11.6 Å². The van der Waals surface area contributed by atoms with Gasteiger partial charge in [0.15, 0.2) is 11.6 Å². The van der Waals surface area contributed by atoms with E-state index in [-0.39, 0.29) is 6.04 Å². The van der Waals surface area contributed by atoms with Gasteiger partial charge in [-0.2, -0.15) is 0 Å². The number of rotatable bonds is 2. The van der Waals surface area contributed by atoms with Gasteiger partial charge in [-0.05, 0) is 31.5 Å². The topological polar surface area (TPSA) is 41.1 Å². The molecule has 2 rings (SSSR count). The molecule has 17 heavy (non-hydrogen) atoms. The quantitative estimate of drug-likeness (QED) is 0.881. The summed E-state index contributed by atoms with van der Waals surface area (Å²) in [5.41, 5.74) is -0.396. The number of amides is 1. The van der Waals surface area contributed by atoms with Crippen LogP contribution < -0.4 is 10.6 Å². The largest absolute Gasteiger partial charge is 0.320 e. The van der Waals surface area contributed by atoms with Gasteiger partial charge in [0.25, 0.3) is 0 Å². The van der Waals surface area contributed by atoms with Gasteiger partial charge in [0.05, 0.1) is 6.04 Å². The van der Waals surface area contributed by atoms with Gasteiger partial charge >= 0.3 is 0 Å². The van der Waals surface area contributed by atoms with Gasteiger partial charge in [-0.15, -0.1) is 0 Å². The lowest BCUT2D eigenvalue weighted by Gasteiger charge is -2.12. The Balaban J connectivity index is 2.15. The Morgan fingerprint density at radius 3 is 2.59 bits per heavy atom. The number of carbonyl (C=O) groups is 1. The molecule has 0 aliphatic carbocycles. The Bertz CT molecular complexity index is 424. The van der Waals surface area contributed by atoms with Crippen LogP contribution in [-0.2, 0) is 4.79 Å². The lowest BCUT2D eigenvalue weighted by molar-refractivity contribution is -0.117.